The molecule has 0 spiro atoms. The summed E-state index contributed by atoms with van der Waals surface area (Å²) in [6.45, 7) is 4.60. The quantitative estimate of drug-likeness (QED) is 0.610. The van der Waals surface area contributed by atoms with E-state index < -0.39 is 5.97 Å². The van der Waals surface area contributed by atoms with Gasteiger partial charge in [0, 0.05) is 25.6 Å². The van der Waals surface area contributed by atoms with Crippen molar-refractivity contribution in [2.24, 2.45) is 5.92 Å². The number of hydrogen-bond acceptors (Lipinski definition) is 3. The molecule has 0 radical (unpaired) electrons. The summed E-state index contributed by atoms with van der Waals surface area (Å²) < 4.78 is 5.55. The molecule has 1 unspecified atom stereocenters. The topological polar surface area (TPSA) is 49.8 Å². The van der Waals surface area contributed by atoms with Gasteiger partial charge in [-0.2, -0.15) is 0 Å². The Balaban J connectivity index is 1.98. The van der Waals surface area contributed by atoms with Crippen LogP contribution in [0.25, 0.3) is 0 Å². The summed E-state index contributed by atoms with van der Waals surface area (Å²) >= 11 is 0. The van der Waals surface area contributed by atoms with Crippen LogP contribution in [0.5, 0.6) is 0 Å². The van der Waals surface area contributed by atoms with Gasteiger partial charge in [0.2, 0.25) is 0 Å². The summed E-state index contributed by atoms with van der Waals surface area (Å²) in [6, 6.07) is 0.306. The largest absolute Gasteiger partial charge is 0.481 e. The summed E-state index contributed by atoms with van der Waals surface area (Å²) in [5.41, 5.74) is 0. The molecule has 1 saturated carbocycles. The second kappa shape index (κ2) is 6.86. The maximum atomic E-state index is 10.4. The molecule has 1 rings (SSSR count). The summed E-state index contributed by atoms with van der Waals surface area (Å²) in [5.74, 6) is 0.0972. The SMILES string of the molecule is CC(CCC(=O)O)N(C)CCOCC1CC1. The zero-order chi connectivity index (χ0) is 12.0. The van der Waals surface area contributed by atoms with Crippen LogP contribution in [-0.4, -0.2) is 48.8 Å². The Morgan fingerprint density at radius 2 is 2.25 bits per heavy atom. The van der Waals surface area contributed by atoms with Crippen molar-refractivity contribution in [1.29, 1.82) is 0 Å². The molecule has 0 aromatic carbocycles. The average Bonchev–Trinajstić information content (AvgIpc) is 3.04. The molecular formula is C12H23NO3. The lowest BCUT2D eigenvalue weighted by atomic mass is 10.1. The number of carboxylic acid groups (broad SMARTS) is 1. The van der Waals surface area contributed by atoms with Crippen LogP contribution in [0.4, 0.5) is 0 Å². The fourth-order valence-electron chi connectivity index (χ4n) is 1.52. The minimum Gasteiger partial charge on any atom is -0.481 e. The minimum absolute atomic E-state index is 0.244. The third-order valence-electron chi connectivity index (χ3n) is 3.17. The van der Waals surface area contributed by atoms with Gasteiger partial charge in [0.05, 0.1) is 6.61 Å². The fraction of sp³-hybridized carbons (Fsp3) is 0.917. The maximum absolute atomic E-state index is 10.4. The van der Waals surface area contributed by atoms with E-state index in [0.29, 0.717) is 12.5 Å². The highest BCUT2D eigenvalue weighted by Crippen LogP contribution is 2.28. The predicted molar refractivity (Wildman–Crippen MR) is 62.5 cm³/mol. The van der Waals surface area contributed by atoms with Crippen molar-refractivity contribution in [3.63, 3.8) is 0 Å². The number of aliphatic carboxylic acids is 1. The normalized spacial score (nSPS) is 17.7. The molecule has 0 aromatic rings. The number of rotatable bonds is 9. The molecule has 1 fully saturated rings. The lowest BCUT2D eigenvalue weighted by Gasteiger charge is -2.23. The second-order valence-electron chi connectivity index (χ2n) is 4.78. The molecule has 0 heterocycles. The molecule has 1 N–H and O–H groups in total. The van der Waals surface area contributed by atoms with Crippen molar-refractivity contribution >= 4 is 5.97 Å². The fourth-order valence-corrected chi connectivity index (χ4v) is 1.52. The van der Waals surface area contributed by atoms with Crippen molar-refractivity contribution < 1.29 is 14.6 Å². The Kier molecular flexibility index (Phi) is 5.77. The van der Waals surface area contributed by atoms with Gasteiger partial charge in [-0.3, -0.25) is 4.79 Å². The lowest BCUT2D eigenvalue weighted by molar-refractivity contribution is -0.137. The smallest absolute Gasteiger partial charge is 0.303 e. The van der Waals surface area contributed by atoms with Crippen molar-refractivity contribution in [3.05, 3.63) is 0 Å². The van der Waals surface area contributed by atoms with E-state index in [-0.39, 0.29) is 6.42 Å². The van der Waals surface area contributed by atoms with E-state index in [4.69, 9.17) is 9.84 Å². The number of ether oxygens (including phenoxy) is 1. The van der Waals surface area contributed by atoms with Crippen LogP contribution in [0.1, 0.15) is 32.6 Å². The second-order valence-corrected chi connectivity index (χ2v) is 4.78. The Morgan fingerprint density at radius 1 is 1.56 bits per heavy atom. The van der Waals surface area contributed by atoms with Crippen LogP contribution in [0.2, 0.25) is 0 Å². The maximum Gasteiger partial charge on any atom is 0.303 e. The lowest BCUT2D eigenvalue weighted by Crippen LogP contribution is -2.32. The number of carbonyl (C=O) groups is 1. The van der Waals surface area contributed by atoms with Gasteiger partial charge in [0.15, 0.2) is 0 Å². The van der Waals surface area contributed by atoms with E-state index in [1.165, 1.54) is 12.8 Å². The van der Waals surface area contributed by atoms with Crippen LogP contribution in [-0.2, 0) is 9.53 Å². The molecule has 94 valence electrons. The van der Waals surface area contributed by atoms with Gasteiger partial charge in [-0.05, 0) is 39.2 Å². The Bertz CT molecular complexity index is 216. The number of nitrogens with zero attached hydrogens (tertiary/aromatic N) is 1. The highest BCUT2D eigenvalue weighted by molar-refractivity contribution is 5.66. The van der Waals surface area contributed by atoms with E-state index in [1.54, 1.807) is 0 Å². The summed E-state index contributed by atoms with van der Waals surface area (Å²) in [6.07, 6.45) is 3.60. The molecule has 0 bridgehead atoms. The highest BCUT2D eigenvalue weighted by atomic mass is 16.5. The van der Waals surface area contributed by atoms with E-state index in [1.807, 2.05) is 7.05 Å². The molecule has 4 heteroatoms. The zero-order valence-corrected chi connectivity index (χ0v) is 10.3. The molecule has 16 heavy (non-hydrogen) atoms. The predicted octanol–water partition coefficient (Wildman–Crippen LogP) is 1.60. The molecule has 1 aliphatic rings. The molecule has 4 nitrogen and oxygen atoms in total. The first-order valence-electron chi connectivity index (χ1n) is 6.09. The first-order valence-corrected chi connectivity index (χ1v) is 6.09. The van der Waals surface area contributed by atoms with E-state index >= 15 is 0 Å². The minimum atomic E-state index is -0.717. The van der Waals surface area contributed by atoms with Crippen molar-refractivity contribution in [3.8, 4) is 0 Å². The monoisotopic (exact) mass is 229 g/mol. The summed E-state index contributed by atoms with van der Waals surface area (Å²) in [7, 11) is 2.02. The van der Waals surface area contributed by atoms with Crippen molar-refractivity contribution in [1.82, 2.24) is 4.90 Å². The van der Waals surface area contributed by atoms with Crippen LogP contribution in [0.3, 0.4) is 0 Å². The standard InChI is InChI=1S/C12H23NO3/c1-10(3-6-12(14)15)13(2)7-8-16-9-11-4-5-11/h10-11H,3-9H2,1-2H3,(H,14,15). The Hall–Kier alpha value is -0.610. The van der Waals surface area contributed by atoms with Gasteiger partial charge in [0.25, 0.3) is 0 Å². The zero-order valence-electron chi connectivity index (χ0n) is 10.3. The number of likely N-dealkylation sites (N-methyl/N-ethyl adjacent to an activating group) is 1. The molecule has 0 saturated heterocycles. The third-order valence-corrected chi connectivity index (χ3v) is 3.17. The molecular weight excluding hydrogens is 206 g/mol. The van der Waals surface area contributed by atoms with Crippen LogP contribution < -0.4 is 0 Å². The average molecular weight is 229 g/mol. The first kappa shape index (κ1) is 13.5. The third kappa shape index (κ3) is 6.08. The van der Waals surface area contributed by atoms with Gasteiger partial charge in [-0.1, -0.05) is 0 Å². The summed E-state index contributed by atoms with van der Waals surface area (Å²) in [4.78, 5) is 12.6. The van der Waals surface area contributed by atoms with E-state index in [9.17, 15) is 4.79 Å². The molecule has 1 atom stereocenters. The molecule has 0 amide bonds. The van der Waals surface area contributed by atoms with Gasteiger partial charge < -0.3 is 14.7 Å². The number of hydrogen-bond donors (Lipinski definition) is 1. The number of carboxylic acids is 1. The van der Waals surface area contributed by atoms with Gasteiger partial charge in [0.1, 0.15) is 0 Å². The van der Waals surface area contributed by atoms with Crippen molar-refractivity contribution in [2.45, 2.75) is 38.6 Å². The first-order chi connectivity index (χ1) is 7.59. The Labute approximate surface area is 97.6 Å². The Morgan fingerprint density at radius 3 is 2.81 bits per heavy atom. The van der Waals surface area contributed by atoms with Crippen LogP contribution in [0, 0.1) is 5.92 Å². The highest BCUT2D eigenvalue weighted by Gasteiger charge is 2.21. The van der Waals surface area contributed by atoms with Crippen LogP contribution >= 0.6 is 0 Å². The van der Waals surface area contributed by atoms with Crippen LogP contribution in [0.15, 0.2) is 0 Å². The van der Waals surface area contributed by atoms with E-state index in [0.717, 1.165) is 25.7 Å². The summed E-state index contributed by atoms with van der Waals surface area (Å²) in [5, 5.41) is 8.58. The van der Waals surface area contributed by atoms with Gasteiger partial charge in [-0.25, -0.2) is 0 Å². The molecule has 0 aliphatic heterocycles. The molecule has 0 aromatic heterocycles. The van der Waals surface area contributed by atoms with Crippen molar-refractivity contribution in [2.75, 3.05) is 26.8 Å². The molecule has 1 aliphatic carbocycles. The van der Waals surface area contributed by atoms with Gasteiger partial charge in [-0.15, -0.1) is 0 Å². The van der Waals surface area contributed by atoms with E-state index in [2.05, 4.69) is 11.8 Å². The van der Waals surface area contributed by atoms with Gasteiger partial charge >= 0.3 is 5.97 Å².